The molecule has 24 heavy (non-hydrogen) atoms. The zero-order chi connectivity index (χ0) is 16.4. The zero-order valence-electron chi connectivity index (χ0n) is 14.4. The molecule has 1 aliphatic carbocycles. The number of aromatic nitrogens is 3. The molecule has 0 unspecified atom stereocenters. The number of pyridine rings is 1. The summed E-state index contributed by atoms with van der Waals surface area (Å²) in [7, 11) is 1.99. The third-order valence-corrected chi connectivity index (χ3v) is 5.74. The maximum absolute atomic E-state index is 4.30. The Kier molecular flexibility index (Phi) is 4.52. The van der Waals surface area contributed by atoms with Crippen molar-refractivity contribution in [2.45, 2.75) is 25.8 Å². The first-order valence-electron chi connectivity index (χ1n) is 9.12. The predicted molar refractivity (Wildman–Crippen MR) is 95.5 cm³/mol. The average molecular weight is 325 g/mol. The van der Waals surface area contributed by atoms with E-state index in [4.69, 9.17) is 0 Å². The molecule has 2 fully saturated rings. The fourth-order valence-corrected chi connectivity index (χ4v) is 4.60. The summed E-state index contributed by atoms with van der Waals surface area (Å²) in [5.41, 5.74) is 2.53. The standard InChI is InChI=1S/C19H27N5/c1-23-11-15(9-22-23)12-24-13-17-4-2-3-16(19(17)14-24)10-21-18-5-7-20-8-6-18/h5-9,11,16-17,19H,2-4,10,12-14H2,1H3,(H,20,21)/t16-,17+,19+/m0/s1. The minimum atomic E-state index is 0.788. The summed E-state index contributed by atoms with van der Waals surface area (Å²) in [6.45, 7) is 4.63. The van der Waals surface area contributed by atoms with Gasteiger partial charge < -0.3 is 5.32 Å². The van der Waals surface area contributed by atoms with Crippen LogP contribution < -0.4 is 5.32 Å². The predicted octanol–water partition coefficient (Wildman–Crippen LogP) is 2.78. The Morgan fingerprint density at radius 1 is 1.21 bits per heavy atom. The summed E-state index contributed by atoms with van der Waals surface area (Å²) in [6.07, 6.45) is 12.0. The van der Waals surface area contributed by atoms with E-state index in [1.165, 1.54) is 43.6 Å². The number of rotatable bonds is 5. The molecule has 2 aromatic heterocycles. The minimum Gasteiger partial charge on any atom is -0.385 e. The Hall–Kier alpha value is -1.88. The van der Waals surface area contributed by atoms with Crippen LogP contribution in [0.2, 0.25) is 0 Å². The van der Waals surface area contributed by atoms with Gasteiger partial charge in [-0.2, -0.15) is 5.10 Å². The highest BCUT2D eigenvalue weighted by Gasteiger charge is 2.39. The highest BCUT2D eigenvalue weighted by atomic mass is 15.2. The Labute approximate surface area is 144 Å². The summed E-state index contributed by atoms with van der Waals surface area (Å²) in [5, 5.41) is 7.93. The Bertz CT molecular complexity index is 653. The molecule has 0 spiro atoms. The number of nitrogens with one attached hydrogen (secondary N) is 1. The van der Waals surface area contributed by atoms with Crippen LogP contribution in [0.1, 0.15) is 24.8 Å². The van der Waals surface area contributed by atoms with E-state index in [2.05, 4.69) is 38.6 Å². The Morgan fingerprint density at radius 3 is 2.88 bits per heavy atom. The number of hydrogen-bond acceptors (Lipinski definition) is 4. The van der Waals surface area contributed by atoms with Crippen LogP contribution in [-0.2, 0) is 13.6 Å². The van der Waals surface area contributed by atoms with Gasteiger partial charge in [0.15, 0.2) is 0 Å². The first kappa shape index (κ1) is 15.6. The fourth-order valence-electron chi connectivity index (χ4n) is 4.60. The molecule has 0 aromatic carbocycles. The van der Waals surface area contributed by atoms with Crippen LogP contribution in [0.25, 0.3) is 0 Å². The molecular formula is C19H27N5. The molecule has 1 N–H and O–H groups in total. The molecule has 128 valence electrons. The lowest BCUT2D eigenvalue weighted by atomic mass is 9.74. The van der Waals surface area contributed by atoms with Gasteiger partial charge in [-0.25, -0.2) is 0 Å². The van der Waals surface area contributed by atoms with Crippen LogP contribution >= 0.6 is 0 Å². The van der Waals surface area contributed by atoms with E-state index in [1.807, 2.05) is 30.3 Å². The van der Waals surface area contributed by atoms with Gasteiger partial charge in [-0.3, -0.25) is 14.6 Å². The third-order valence-electron chi connectivity index (χ3n) is 5.74. The molecule has 4 rings (SSSR count). The molecule has 3 heterocycles. The molecule has 0 amide bonds. The van der Waals surface area contributed by atoms with Crippen LogP contribution in [0.5, 0.6) is 0 Å². The first-order chi connectivity index (χ1) is 11.8. The lowest BCUT2D eigenvalue weighted by Crippen LogP contribution is -2.32. The fraction of sp³-hybridized carbons (Fsp3) is 0.579. The minimum absolute atomic E-state index is 0.788. The molecule has 5 heteroatoms. The van der Waals surface area contributed by atoms with Gasteiger partial charge in [-0.1, -0.05) is 6.42 Å². The van der Waals surface area contributed by atoms with Crippen LogP contribution in [0.3, 0.4) is 0 Å². The zero-order valence-corrected chi connectivity index (χ0v) is 14.4. The second-order valence-electron chi connectivity index (χ2n) is 7.45. The molecular weight excluding hydrogens is 298 g/mol. The Balaban J connectivity index is 1.35. The van der Waals surface area contributed by atoms with Crippen LogP contribution in [0.4, 0.5) is 5.69 Å². The van der Waals surface area contributed by atoms with Gasteiger partial charge >= 0.3 is 0 Å². The second kappa shape index (κ2) is 6.93. The van der Waals surface area contributed by atoms with Crippen LogP contribution in [0.15, 0.2) is 36.9 Å². The van der Waals surface area contributed by atoms with Gasteiger partial charge in [0, 0.05) is 63.1 Å². The monoisotopic (exact) mass is 325 g/mol. The summed E-state index contributed by atoms with van der Waals surface area (Å²) in [5.74, 6) is 2.50. The molecule has 5 nitrogen and oxygen atoms in total. The number of nitrogens with zero attached hydrogens (tertiary/aromatic N) is 4. The van der Waals surface area contributed by atoms with Gasteiger partial charge in [0.05, 0.1) is 6.20 Å². The highest BCUT2D eigenvalue weighted by Crippen LogP contribution is 2.40. The molecule has 0 radical (unpaired) electrons. The van der Waals surface area contributed by atoms with E-state index in [0.717, 1.165) is 30.8 Å². The lowest BCUT2D eigenvalue weighted by molar-refractivity contribution is 0.207. The van der Waals surface area contributed by atoms with Crippen molar-refractivity contribution in [3.05, 3.63) is 42.5 Å². The summed E-state index contributed by atoms with van der Waals surface area (Å²) >= 11 is 0. The maximum Gasteiger partial charge on any atom is 0.0534 e. The average Bonchev–Trinajstić information content (AvgIpc) is 3.20. The topological polar surface area (TPSA) is 46.0 Å². The summed E-state index contributed by atoms with van der Waals surface area (Å²) in [4.78, 5) is 6.73. The van der Waals surface area contributed by atoms with Crippen LogP contribution in [0, 0.1) is 17.8 Å². The SMILES string of the molecule is Cn1cc(CN2C[C@H]3CCC[C@@H](CNc4ccncc4)[C@H]3C2)cn1. The molecule has 1 aliphatic heterocycles. The van der Waals surface area contributed by atoms with Crippen molar-refractivity contribution in [3.8, 4) is 0 Å². The lowest BCUT2D eigenvalue weighted by Gasteiger charge is -2.33. The maximum atomic E-state index is 4.30. The number of hydrogen-bond donors (Lipinski definition) is 1. The second-order valence-corrected chi connectivity index (χ2v) is 7.45. The quantitative estimate of drug-likeness (QED) is 0.918. The number of likely N-dealkylation sites (tertiary alicyclic amines) is 1. The van der Waals surface area contributed by atoms with Crippen molar-refractivity contribution in [1.82, 2.24) is 19.7 Å². The summed E-state index contributed by atoms with van der Waals surface area (Å²) < 4.78 is 1.90. The van der Waals surface area contributed by atoms with E-state index in [0.29, 0.717) is 0 Å². The van der Waals surface area contributed by atoms with E-state index in [9.17, 15) is 0 Å². The van der Waals surface area contributed by atoms with Gasteiger partial charge in [0.2, 0.25) is 0 Å². The van der Waals surface area contributed by atoms with E-state index < -0.39 is 0 Å². The van der Waals surface area contributed by atoms with Gasteiger partial charge in [-0.05, 0) is 42.7 Å². The molecule has 1 saturated heterocycles. The van der Waals surface area contributed by atoms with Crippen molar-refractivity contribution in [2.75, 3.05) is 25.0 Å². The van der Waals surface area contributed by atoms with Crippen molar-refractivity contribution in [1.29, 1.82) is 0 Å². The largest absolute Gasteiger partial charge is 0.385 e. The number of aryl methyl sites for hydroxylation is 1. The molecule has 2 aliphatic rings. The number of anilines is 1. The van der Waals surface area contributed by atoms with Crippen LogP contribution in [-0.4, -0.2) is 39.3 Å². The van der Waals surface area contributed by atoms with Gasteiger partial charge in [0.1, 0.15) is 0 Å². The molecule has 1 saturated carbocycles. The molecule has 3 atom stereocenters. The first-order valence-corrected chi connectivity index (χ1v) is 9.12. The van der Waals surface area contributed by atoms with E-state index in [-0.39, 0.29) is 0 Å². The highest BCUT2D eigenvalue weighted by molar-refractivity contribution is 5.40. The van der Waals surface area contributed by atoms with Gasteiger partial charge in [-0.15, -0.1) is 0 Å². The molecule has 0 bridgehead atoms. The van der Waals surface area contributed by atoms with Crippen molar-refractivity contribution < 1.29 is 0 Å². The Morgan fingerprint density at radius 2 is 2.08 bits per heavy atom. The smallest absolute Gasteiger partial charge is 0.0534 e. The summed E-state index contributed by atoms with van der Waals surface area (Å²) in [6, 6.07) is 4.12. The third kappa shape index (κ3) is 3.46. The van der Waals surface area contributed by atoms with E-state index in [1.54, 1.807) is 0 Å². The van der Waals surface area contributed by atoms with Crippen molar-refractivity contribution in [3.63, 3.8) is 0 Å². The molecule has 2 aromatic rings. The van der Waals surface area contributed by atoms with Crippen molar-refractivity contribution in [2.24, 2.45) is 24.8 Å². The van der Waals surface area contributed by atoms with Gasteiger partial charge in [0.25, 0.3) is 0 Å². The normalized spacial score (nSPS) is 27.1. The van der Waals surface area contributed by atoms with Crippen molar-refractivity contribution >= 4 is 5.69 Å². The van der Waals surface area contributed by atoms with E-state index >= 15 is 0 Å². The number of fused-ring (bicyclic) bond motifs is 1.